The summed E-state index contributed by atoms with van der Waals surface area (Å²) in [5, 5.41) is 2.33. The molecule has 1 N–H and O–H groups in total. The minimum Gasteiger partial charge on any atom is -0.354 e. The molecule has 5 nitrogen and oxygen atoms in total. The number of hydrogen-bond acceptors (Lipinski definition) is 4. The second kappa shape index (κ2) is 7.96. The standard InChI is InChI=1S/C19H21F3N4O/c1-2-25-9-11-26(12-10-25)17-8-7-14(13-23-17)18(27)24-16-6-4-3-5-15(16)19(20,21)22/h3-8,13H,2,9-12H2,1H3,(H,24,27). The average Bonchev–Trinajstić information content (AvgIpc) is 2.68. The minimum atomic E-state index is -4.54. The lowest BCUT2D eigenvalue weighted by molar-refractivity contribution is -0.136. The lowest BCUT2D eigenvalue weighted by Gasteiger charge is -2.34. The van der Waals surface area contributed by atoms with Gasteiger partial charge in [0.15, 0.2) is 0 Å². The van der Waals surface area contributed by atoms with E-state index in [-0.39, 0.29) is 11.3 Å². The molecule has 1 aliphatic heterocycles. The second-order valence-corrected chi connectivity index (χ2v) is 6.32. The number of alkyl halides is 3. The highest BCUT2D eigenvalue weighted by molar-refractivity contribution is 6.04. The highest BCUT2D eigenvalue weighted by Crippen LogP contribution is 2.34. The maximum atomic E-state index is 13.0. The van der Waals surface area contributed by atoms with Crippen LogP contribution in [0, 0.1) is 0 Å². The van der Waals surface area contributed by atoms with Crippen LogP contribution in [0.2, 0.25) is 0 Å². The third kappa shape index (κ3) is 4.57. The molecule has 0 saturated carbocycles. The van der Waals surface area contributed by atoms with Crippen molar-refractivity contribution in [2.45, 2.75) is 13.1 Å². The number of carbonyl (C=O) groups is 1. The Morgan fingerprint density at radius 1 is 1.11 bits per heavy atom. The van der Waals surface area contributed by atoms with Gasteiger partial charge in [0.2, 0.25) is 0 Å². The Morgan fingerprint density at radius 3 is 2.41 bits per heavy atom. The van der Waals surface area contributed by atoms with E-state index < -0.39 is 17.6 Å². The van der Waals surface area contributed by atoms with Gasteiger partial charge >= 0.3 is 6.18 Å². The molecule has 0 bridgehead atoms. The Bertz CT molecular complexity index is 784. The van der Waals surface area contributed by atoms with E-state index in [1.54, 1.807) is 12.1 Å². The third-order valence-corrected chi connectivity index (χ3v) is 4.63. The summed E-state index contributed by atoms with van der Waals surface area (Å²) >= 11 is 0. The predicted octanol–water partition coefficient (Wildman–Crippen LogP) is 3.49. The van der Waals surface area contributed by atoms with Gasteiger partial charge in [-0.2, -0.15) is 13.2 Å². The molecule has 1 aromatic heterocycles. The van der Waals surface area contributed by atoms with E-state index in [0.29, 0.717) is 0 Å². The number of hydrogen-bond donors (Lipinski definition) is 1. The van der Waals surface area contributed by atoms with Crippen LogP contribution in [0.5, 0.6) is 0 Å². The lowest BCUT2D eigenvalue weighted by Crippen LogP contribution is -2.46. The van der Waals surface area contributed by atoms with Gasteiger partial charge < -0.3 is 15.1 Å². The summed E-state index contributed by atoms with van der Waals surface area (Å²) in [6.45, 7) is 6.75. The molecule has 1 saturated heterocycles. The van der Waals surface area contributed by atoms with Gasteiger partial charge in [0, 0.05) is 32.4 Å². The zero-order valence-electron chi connectivity index (χ0n) is 15.0. The first-order chi connectivity index (χ1) is 12.9. The van der Waals surface area contributed by atoms with Crippen LogP contribution < -0.4 is 10.2 Å². The SMILES string of the molecule is CCN1CCN(c2ccc(C(=O)Nc3ccccc3C(F)(F)F)cn2)CC1. The Hall–Kier alpha value is -2.61. The topological polar surface area (TPSA) is 48.5 Å². The number of benzene rings is 1. The summed E-state index contributed by atoms with van der Waals surface area (Å²) in [6.07, 6.45) is -3.14. The van der Waals surface area contributed by atoms with E-state index >= 15 is 0 Å². The van der Waals surface area contributed by atoms with Crippen LogP contribution in [0.3, 0.4) is 0 Å². The van der Waals surface area contributed by atoms with Gasteiger partial charge in [-0.1, -0.05) is 19.1 Å². The van der Waals surface area contributed by atoms with Gasteiger partial charge in [-0.25, -0.2) is 4.98 Å². The number of para-hydroxylation sites is 1. The van der Waals surface area contributed by atoms with Crippen molar-refractivity contribution < 1.29 is 18.0 Å². The molecular weight excluding hydrogens is 357 g/mol. The average molecular weight is 378 g/mol. The number of carbonyl (C=O) groups excluding carboxylic acids is 1. The predicted molar refractivity (Wildman–Crippen MR) is 98.0 cm³/mol. The molecule has 1 amide bonds. The van der Waals surface area contributed by atoms with Gasteiger partial charge in [-0.3, -0.25) is 4.79 Å². The summed E-state index contributed by atoms with van der Waals surface area (Å²) in [7, 11) is 0. The molecular formula is C19H21F3N4O. The molecule has 0 spiro atoms. The fourth-order valence-electron chi connectivity index (χ4n) is 3.03. The number of piperazine rings is 1. The van der Waals surface area contributed by atoms with Crippen molar-refractivity contribution in [3.8, 4) is 0 Å². The molecule has 1 fully saturated rings. The first-order valence-corrected chi connectivity index (χ1v) is 8.79. The Kier molecular flexibility index (Phi) is 5.65. The molecule has 3 rings (SSSR count). The summed E-state index contributed by atoms with van der Waals surface area (Å²) < 4.78 is 39.1. The summed E-state index contributed by atoms with van der Waals surface area (Å²) in [5.74, 6) is 0.138. The molecule has 144 valence electrons. The van der Waals surface area contributed by atoms with Gasteiger partial charge in [-0.05, 0) is 30.8 Å². The summed E-state index contributed by atoms with van der Waals surface area (Å²) in [5.41, 5.74) is -0.936. The van der Waals surface area contributed by atoms with Gasteiger partial charge in [0.25, 0.3) is 5.91 Å². The normalized spacial score (nSPS) is 15.6. The van der Waals surface area contributed by atoms with Crippen LogP contribution in [0.1, 0.15) is 22.8 Å². The molecule has 0 radical (unpaired) electrons. The van der Waals surface area contributed by atoms with Crippen molar-refractivity contribution in [3.63, 3.8) is 0 Å². The molecule has 8 heteroatoms. The molecule has 0 aliphatic carbocycles. The van der Waals surface area contributed by atoms with E-state index in [2.05, 4.69) is 27.0 Å². The van der Waals surface area contributed by atoms with Crippen molar-refractivity contribution in [1.82, 2.24) is 9.88 Å². The number of halogens is 3. The van der Waals surface area contributed by atoms with E-state index in [9.17, 15) is 18.0 Å². The number of nitrogens with zero attached hydrogens (tertiary/aromatic N) is 3. The highest BCUT2D eigenvalue weighted by atomic mass is 19.4. The van der Waals surface area contributed by atoms with E-state index in [0.717, 1.165) is 44.6 Å². The maximum Gasteiger partial charge on any atom is 0.418 e. The van der Waals surface area contributed by atoms with E-state index in [4.69, 9.17) is 0 Å². The van der Waals surface area contributed by atoms with Crippen LogP contribution in [-0.4, -0.2) is 48.5 Å². The Balaban J connectivity index is 1.69. The van der Waals surface area contributed by atoms with Crippen LogP contribution >= 0.6 is 0 Å². The number of rotatable bonds is 4. The van der Waals surface area contributed by atoms with Gasteiger partial charge in [0.1, 0.15) is 5.82 Å². The highest BCUT2D eigenvalue weighted by Gasteiger charge is 2.33. The van der Waals surface area contributed by atoms with Crippen molar-refractivity contribution in [1.29, 1.82) is 0 Å². The van der Waals surface area contributed by atoms with E-state index in [1.165, 1.54) is 24.4 Å². The monoisotopic (exact) mass is 378 g/mol. The lowest BCUT2D eigenvalue weighted by atomic mass is 10.1. The number of amides is 1. The van der Waals surface area contributed by atoms with Crippen molar-refractivity contribution in [2.24, 2.45) is 0 Å². The molecule has 1 aliphatic rings. The number of pyridine rings is 1. The van der Waals surface area contributed by atoms with Crippen LogP contribution in [0.25, 0.3) is 0 Å². The number of nitrogens with one attached hydrogen (secondary N) is 1. The van der Waals surface area contributed by atoms with Gasteiger partial charge in [-0.15, -0.1) is 0 Å². The Morgan fingerprint density at radius 2 is 1.81 bits per heavy atom. The smallest absolute Gasteiger partial charge is 0.354 e. The molecule has 1 aromatic carbocycles. The van der Waals surface area contributed by atoms with Crippen molar-refractivity contribution >= 4 is 17.4 Å². The van der Waals surface area contributed by atoms with Crippen molar-refractivity contribution in [3.05, 3.63) is 53.7 Å². The zero-order valence-corrected chi connectivity index (χ0v) is 15.0. The number of likely N-dealkylation sites (N-methyl/N-ethyl adjacent to an activating group) is 1. The maximum absolute atomic E-state index is 13.0. The fourth-order valence-corrected chi connectivity index (χ4v) is 3.03. The second-order valence-electron chi connectivity index (χ2n) is 6.32. The molecule has 2 aromatic rings. The van der Waals surface area contributed by atoms with Crippen LogP contribution in [0.15, 0.2) is 42.6 Å². The summed E-state index contributed by atoms with van der Waals surface area (Å²) in [4.78, 5) is 21.1. The van der Waals surface area contributed by atoms with E-state index in [1.807, 2.05) is 0 Å². The van der Waals surface area contributed by atoms with Crippen LogP contribution in [0.4, 0.5) is 24.7 Å². The molecule has 0 atom stereocenters. The minimum absolute atomic E-state index is 0.211. The molecule has 2 heterocycles. The number of anilines is 2. The third-order valence-electron chi connectivity index (χ3n) is 4.63. The molecule has 27 heavy (non-hydrogen) atoms. The zero-order chi connectivity index (χ0) is 19.4. The quantitative estimate of drug-likeness (QED) is 0.885. The van der Waals surface area contributed by atoms with Gasteiger partial charge in [0.05, 0.1) is 16.8 Å². The number of aromatic nitrogens is 1. The first-order valence-electron chi connectivity index (χ1n) is 8.79. The van der Waals surface area contributed by atoms with Crippen LogP contribution in [-0.2, 0) is 6.18 Å². The first kappa shape index (κ1) is 19.2. The van der Waals surface area contributed by atoms with Crippen molar-refractivity contribution in [2.75, 3.05) is 42.9 Å². The largest absolute Gasteiger partial charge is 0.418 e. The fraction of sp³-hybridized carbons (Fsp3) is 0.368. The molecule has 0 unspecified atom stereocenters. The summed E-state index contributed by atoms with van der Waals surface area (Å²) in [6, 6.07) is 8.21. The Labute approximate surface area is 155 Å².